The highest BCUT2D eigenvalue weighted by Gasteiger charge is 2.16. The van der Waals surface area contributed by atoms with Gasteiger partial charge in [0.05, 0.1) is 23.8 Å². The van der Waals surface area contributed by atoms with Gasteiger partial charge in [-0.25, -0.2) is 0 Å². The van der Waals surface area contributed by atoms with Crippen molar-refractivity contribution in [3.8, 4) is 0 Å². The van der Waals surface area contributed by atoms with Crippen LogP contribution in [0.1, 0.15) is 27.3 Å². The molecular weight excluding hydrogens is 422 g/mol. The van der Waals surface area contributed by atoms with Gasteiger partial charge in [0.1, 0.15) is 5.01 Å². The highest BCUT2D eigenvalue weighted by molar-refractivity contribution is 7.13. The lowest BCUT2D eigenvalue weighted by Crippen LogP contribution is -2.29. The van der Waals surface area contributed by atoms with Gasteiger partial charge in [-0.2, -0.15) is 0 Å². The molecule has 1 heterocycles. The van der Waals surface area contributed by atoms with E-state index >= 15 is 0 Å². The number of amides is 2. The van der Waals surface area contributed by atoms with Gasteiger partial charge in [-0.1, -0.05) is 54.1 Å². The number of para-hydroxylation sites is 1. The Kier molecular flexibility index (Phi) is 7.51. The van der Waals surface area contributed by atoms with Crippen molar-refractivity contribution in [1.29, 1.82) is 0 Å². The second-order valence-electron chi connectivity index (χ2n) is 6.71. The number of halogens is 1. The van der Waals surface area contributed by atoms with Crippen LogP contribution in [0.25, 0.3) is 0 Å². The van der Waals surface area contributed by atoms with Crippen molar-refractivity contribution in [1.82, 2.24) is 15.1 Å². The molecule has 9 heteroatoms. The van der Waals surface area contributed by atoms with Gasteiger partial charge in [-0.15, -0.1) is 10.2 Å². The molecule has 30 heavy (non-hydrogen) atoms. The number of aryl methyl sites for hydroxylation is 1. The van der Waals surface area contributed by atoms with Crippen molar-refractivity contribution >= 4 is 46.1 Å². The molecule has 0 saturated heterocycles. The number of anilines is 2. The molecule has 0 spiro atoms. The molecular formula is C21H22ClN5O2S. The maximum atomic E-state index is 12.4. The summed E-state index contributed by atoms with van der Waals surface area (Å²) in [7, 11) is 1.79. The van der Waals surface area contributed by atoms with Crippen molar-refractivity contribution in [3.63, 3.8) is 0 Å². The highest BCUT2D eigenvalue weighted by atomic mass is 35.5. The van der Waals surface area contributed by atoms with E-state index in [2.05, 4.69) is 27.8 Å². The molecule has 3 aromatic rings. The summed E-state index contributed by atoms with van der Waals surface area (Å²) >= 11 is 7.26. The van der Waals surface area contributed by atoms with E-state index in [9.17, 15) is 9.59 Å². The number of aromatic nitrogens is 2. The third-order valence-corrected chi connectivity index (χ3v) is 5.48. The molecule has 2 aromatic carbocycles. The van der Waals surface area contributed by atoms with Gasteiger partial charge < -0.3 is 10.6 Å². The summed E-state index contributed by atoms with van der Waals surface area (Å²) in [5.41, 5.74) is 2.48. The topological polar surface area (TPSA) is 87.2 Å². The average molecular weight is 444 g/mol. The largest absolute Gasteiger partial charge is 0.324 e. The first-order chi connectivity index (χ1) is 14.4. The summed E-state index contributed by atoms with van der Waals surface area (Å²) < 4.78 is 0. The number of benzene rings is 2. The molecule has 0 bridgehead atoms. The first-order valence-electron chi connectivity index (χ1n) is 9.40. The van der Waals surface area contributed by atoms with Crippen LogP contribution in [0.15, 0.2) is 48.5 Å². The van der Waals surface area contributed by atoms with E-state index in [1.807, 2.05) is 24.3 Å². The Bertz CT molecular complexity index is 1020. The van der Waals surface area contributed by atoms with Crippen molar-refractivity contribution in [2.75, 3.05) is 24.2 Å². The molecule has 0 fully saturated rings. The summed E-state index contributed by atoms with van der Waals surface area (Å²) in [6.07, 6.45) is 0.942. The summed E-state index contributed by atoms with van der Waals surface area (Å²) in [6.45, 7) is 2.62. The molecule has 0 atom stereocenters. The third kappa shape index (κ3) is 6.09. The first-order valence-corrected chi connectivity index (χ1v) is 10.6. The number of hydrogen-bond acceptors (Lipinski definition) is 6. The van der Waals surface area contributed by atoms with Crippen molar-refractivity contribution in [3.05, 3.63) is 69.1 Å². The van der Waals surface area contributed by atoms with Crippen molar-refractivity contribution < 1.29 is 9.59 Å². The number of carbonyl (C=O) groups excluding carboxylic acids is 2. The Morgan fingerprint density at radius 3 is 2.50 bits per heavy atom. The highest BCUT2D eigenvalue weighted by Crippen LogP contribution is 2.20. The van der Waals surface area contributed by atoms with Crippen molar-refractivity contribution in [2.45, 2.75) is 19.9 Å². The van der Waals surface area contributed by atoms with Crippen LogP contribution in [0.2, 0.25) is 5.02 Å². The van der Waals surface area contributed by atoms with Gasteiger partial charge in [0, 0.05) is 5.69 Å². The molecule has 7 nitrogen and oxygen atoms in total. The van der Waals surface area contributed by atoms with Crippen LogP contribution in [0.5, 0.6) is 0 Å². The lowest BCUT2D eigenvalue weighted by atomic mass is 10.1. The summed E-state index contributed by atoms with van der Waals surface area (Å²) in [5.74, 6) is -0.495. The Hall–Kier alpha value is -2.81. The van der Waals surface area contributed by atoms with Crippen LogP contribution in [0.4, 0.5) is 11.4 Å². The zero-order valence-corrected chi connectivity index (χ0v) is 18.3. The van der Waals surface area contributed by atoms with E-state index < -0.39 is 0 Å². The van der Waals surface area contributed by atoms with Crippen LogP contribution < -0.4 is 10.6 Å². The van der Waals surface area contributed by atoms with Crippen molar-refractivity contribution in [2.24, 2.45) is 0 Å². The predicted molar refractivity (Wildman–Crippen MR) is 120 cm³/mol. The molecule has 1 aromatic heterocycles. The second-order valence-corrected chi connectivity index (χ2v) is 8.18. The third-order valence-electron chi connectivity index (χ3n) is 4.25. The molecule has 2 amide bonds. The molecule has 0 aliphatic carbocycles. The molecule has 0 saturated carbocycles. The van der Waals surface area contributed by atoms with E-state index in [0.717, 1.165) is 6.42 Å². The molecule has 0 aliphatic heterocycles. The fraction of sp³-hybridized carbons (Fsp3) is 0.238. The molecule has 0 unspecified atom stereocenters. The number of carbonyl (C=O) groups is 2. The lowest BCUT2D eigenvalue weighted by Gasteiger charge is -2.14. The zero-order valence-electron chi connectivity index (χ0n) is 16.7. The Morgan fingerprint density at radius 1 is 1.07 bits per heavy atom. The number of likely N-dealkylation sites (N-methyl/N-ethyl adjacent to an activating group) is 1. The minimum atomic E-state index is -0.304. The van der Waals surface area contributed by atoms with E-state index in [1.54, 1.807) is 36.2 Å². The van der Waals surface area contributed by atoms with Gasteiger partial charge in [-0.3, -0.25) is 14.5 Å². The van der Waals surface area contributed by atoms with Crippen LogP contribution in [-0.2, 0) is 17.8 Å². The second kappa shape index (κ2) is 10.3. The van der Waals surface area contributed by atoms with E-state index in [0.29, 0.717) is 27.9 Å². The first kappa shape index (κ1) is 21.9. The summed E-state index contributed by atoms with van der Waals surface area (Å²) in [6, 6.07) is 14.7. The number of nitrogens with zero attached hydrogens (tertiary/aromatic N) is 3. The van der Waals surface area contributed by atoms with Crippen LogP contribution in [0, 0.1) is 0 Å². The van der Waals surface area contributed by atoms with E-state index in [4.69, 9.17) is 11.6 Å². The maximum Gasteiger partial charge on any atom is 0.286 e. The molecule has 2 N–H and O–H groups in total. The van der Waals surface area contributed by atoms with Gasteiger partial charge >= 0.3 is 0 Å². The quantitative estimate of drug-likeness (QED) is 0.547. The van der Waals surface area contributed by atoms with E-state index in [-0.39, 0.29) is 23.4 Å². The molecule has 0 radical (unpaired) electrons. The van der Waals surface area contributed by atoms with Crippen LogP contribution >= 0.6 is 22.9 Å². The molecule has 3 rings (SSSR count). The fourth-order valence-corrected chi connectivity index (χ4v) is 3.70. The smallest absolute Gasteiger partial charge is 0.286 e. The standard InChI is InChI=1S/C21H22ClN5O2S/c1-3-14-8-10-15(11-9-14)23-20(29)21-26-25-19(30-21)13-27(2)12-18(28)24-17-7-5-4-6-16(17)22/h4-11H,3,12-13H2,1-2H3,(H,23,29)(H,24,28). The van der Waals surface area contributed by atoms with Crippen LogP contribution in [0.3, 0.4) is 0 Å². The minimum Gasteiger partial charge on any atom is -0.324 e. The van der Waals surface area contributed by atoms with E-state index in [1.165, 1.54) is 16.9 Å². The SMILES string of the molecule is CCc1ccc(NC(=O)c2nnc(CN(C)CC(=O)Nc3ccccc3Cl)s2)cc1. The number of hydrogen-bond donors (Lipinski definition) is 2. The van der Waals surface area contributed by atoms with Gasteiger partial charge in [0.2, 0.25) is 10.9 Å². The zero-order chi connectivity index (χ0) is 21.5. The monoisotopic (exact) mass is 443 g/mol. The van der Waals surface area contributed by atoms with Gasteiger partial charge in [-0.05, 0) is 43.3 Å². The lowest BCUT2D eigenvalue weighted by molar-refractivity contribution is -0.117. The Balaban J connectivity index is 1.51. The number of nitrogens with one attached hydrogen (secondary N) is 2. The average Bonchev–Trinajstić information content (AvgIpc) is 3.18. The minimum absolute atomic E-state index is 0.149. The Morgan fingerprint density at radius 2 is 1.80 bits per heavy atom. The summed E-state index contributed by atoms with van der Waals surface area (Å²) in [4.78, 5) is 26.4. The Labute approximate surface area is 184 Å². The van der Waals surface area contributed by atoms with Crippen LogP contribution in [-0.4, -0.2) is 40.5 Å². The van der Waals surface area contributed by atoms with Gasteiger partial charge in [0.25, 0.3) is 5.91 Å². The summed E-state index contributed by atoms with van der Waals surface area (Å²) in [5, 5.41) is 15.0. The number of rotatable bonds is 8. The van der Waals surface area contributed by atoms with Gasteiger partial charge in [0.15, 0.2) is 0 Å². The normalized spacial score (nSPS) is 10.8. The molecule has 0 aliphatic rings. The predicted octanol–water partition coefficient (Wildman–Crippen LogP) is 4.08. The maximum absolute atomic E-state index is 12.4. The molecule has 156 valence electrons. The fourth-order valence-electron chi connectivity index (χ4n) is 2.70.